The van der Waals surface area contributed by atoms with Gasteiger partial charge >= 0.3 is 17.9 Å². The molecule has 30 heavy (non-hydrogen) atoms. The van der Waals surface area contributed by atoms with Gasteiger partial charge in [-0.3, -0.25) is 18.9 Å². The van der Waals surface area contributed by atoms with E-state index in [4.69, 9.17) is 19.9 Å². The highest BCUT2D eigenvalue weighted by atomic mass is 31.2. The van der Waals surface area contributed by atoms with Gasteiger partial charge in [0.05, 0.1) is 19.8 Å². The summed E-state index contributed by atoms with van der Waals surface area (Å²) in [5.41, 5.74) is 5.51. The van der Waals surface area contributed by atoms with Crippen molar-refractivity contribution in [2.75, 3.05) is 26.5 Å². The van der Waals surface area contributed by atoms with Crippen LogP contribution >= 0.6 is 7.44 Å². The van der Waals surface area contributed by atoms with Gasteiger partial charge in [0.1, 0.15) is 18.1 Å². The first kappa shape index (κ1) is 30.7. The van der Waals surface area contributed by atoms with Crippen molar-refractivity contribution < 1.29 is 33.2 Å². The minimum absolute atomic E-state index is 0.255. The Hall–Kier alpha value is -1.48. The third-order valence-corrected chi connectivity index (χ3v) is 5.38. The van der Waals surface area contributed by atoms with E-state index in [0.717, 1.165) is 19.3 Å². The zero-order valence-electron chi connectivity index (χ0n) is 19.4. The number of nitrogens with one attached hydrogen (secondary N) is 2. The number of ether oxygens (including phenoxy) is 3. The molecule has 178 valence electrons. The maximum Gasteiger partial charge on any atom is 0.323 e. The Morgan fingerprint density at radius 2 is 1.20 bits per heavy atom. The molecule has 10 nitrogen and oxygen atoms in total. The summed E-state index contributed by atoms with van der Waals surface area (Å²) in [5, 5.41) is 5.26. The van der Waals surface area contributed by atoms with Crippen molar-refractivity contribution in [1.29, 1.82) is 0 Å². The van der Waals surface area contributed by atoms with E-state index in [0.29, 0.717) is 6.61 Å². The second kappa shape index (κ2) is 17.2. The molecule has 0 aromatic heterocycles. The predicted molar refractivity (Wildman–Crippen MR) is 116 cm³/mol. The average molecular weight is 454 g/mol. The molecule has 0 aliphatic carbocycles. The number of hydrogen-bond donors (Lipinski definition) is 3. The van der Waals surface area contributed by atoms with Gasteiger partial charge in [-0.1, -0.05) is 19.8 Å². The smallest absolute Gasteiger partial charge is 0.323 e. The van der Waals surface area contributed by atoms with E-state index in [1.54, 1.807) is 34.6 Å². The Morgan fingerprint density at radius 1 is 0.833 bits per heavy atom. The molecule has 0 bridgehead atoms. The van der Waals surface area contributed by atoms with Crippen LogP contribution in [0.5, 0.6) is 0 Å². The SMILES string of the molecule is CCCCC(N)C(=O)OCC.CCOC(=O)C(C)NP(C)(=O)NC(C)C(=O)OCC. The fraction of sp³-hybridized carbons (Fsp3) is 0.842. The highest BCUT2D eigenvalue weighted by Crippen LogP contribution is 2.32. The molecule has 0 aromatic carbocycles. The molecule has 3 atom stereocenters. The number of nitrogens with two attached hydrogens (primary N) is 1. The molecular formula is C19H40N3O7P. The Morgan fingerprint density at radius 3 is 1.53 bits per heavy atom. The predicted octanol–water partition coefficient (Wildman–Crippen LogP) is 1.96. The molecule has 11 heteroatoms. The van der Waals surface area contributed by atoms with Crippen LogP contribution in [0.25, 0.3) is 0 Å². The molecule has 4 N–H and O–H groups in total. The fourth-order valence-corrected chi connectivity index (χ4v) is 3.97. The summed E-state index contributed by atoms with van der Waals surface area (Å²) in [6.07, 6.45) is 2.78. The Bertz CT molecular complexity index is 530. The molecule has 0 radical (unpaired) electrons. The van der Waals surface area contributed by atoms with Gasteiger partial charge in [0.25, 0.3) is 0 Å². The zero-order valence-corrected chi connectivity index (χ0v) is 20.3. The van der Waals surface area contributed by atoms with Crippen LogP contribution in [-0.4, -0.2) is 62.5 Å². The summed E-state index contributed by atoms with van der Waals surface area (Å²) in [6, 6.07) is -1.87. The van der Waals surface area contributed by atoms with Crippen LogP contribution < -0.4 is 15.9 Å². The van der Waals surface area contributed by atoms with Gasteiger partial charge < -0.3 is 19.9 Å². The van der Waals surface area contributed by atoms with Gasteiger partial charge in [-0.15, -0.1) is 0 Å². The normalized spacial score (nSPS) is 15.5. The molecule has 3 unspecified atom stereocenters. The molecule has 0 aromatic rings. The monoisotopic (exact) mass is 453 g/mol. The molecule has 0 heterocycles. The molecule has 0 aliphatic rings. The van der Waals surface area contributed by atoms with Gasteiger partial charge in [0, 0.05) is 6.66 Å². The van der Waals surface area contributed by atoms with Crippen molar-refractivity contribution in [2.45, 2.75) is 78.9 Å². The van der Waals surface area contributed by atoms with Crippen molar-refractivity contribution in [1.82, 2.24) is 10.2 Å². The summed E-state index contributed by atoms with van der Waals surface area (Å²) >= 11 is 0. The van der Waals surface area contributed by atoms with Crippen LogP contribution in [0.15, 0.2) is 0 Å². The Labute approximate surface area is 180 Å². The van der Waals surface area contributed by atoms with E-state index in [1.165, 1.54) is 6.66 Å². The fourth-order valence-electron chi connectivity index (χ4n) is 2.21. The molecular weight excluding hydrogens is 413 g/mol. The highest BCUT2D eigenvalue weighted by molar-refractivity contribution is 7.59. The minimum Gasteiger partial charge on any atom is -0.465 e. The first-order valence-electron chi connectivity index (χ1n) is 10.3. The standard InChI is InChI=1S/C11H23N2O5P.C8H17NO2/c1-6-17-10(14)8(3)12-19(5,16)13-9(4)11(15)18-7-2;1-3-5-6-7(9)8(10)11-4-2/h8-9H,6-7H2,1-5H3,(H2,12,13,16);7H,3-6,9H2,1-2H3. The molecule has 0 spiro atoms. The lowest BCUT2D eigenvalue weighted by atomic mass is 10.1. The molecule has 0 fully saturated rings. The summed E-state index contributed by atoms with van der Waals surface area (Å²) in [7, 11) is -3.06. The lowest BCUT2D eigenvalue weighted by Crippen LogP contribution is -2.41. The van der Waals surface area contributed by atoms with Crippen molar-refractivity contribution in [2.24, 2.45) is 5.73 Å². The lowest BCUT2D eigenvalue weighted by Gasteiger charge is -2.23. The summed E-state index contributed by atoms with van der Waals surface area (Å²) in [4.78, 5) is 33.7. The first-order valence-corrected chi connectivity index (χ1v) is 12.5. The highest BCUT2D eigenvalue weighted by Gasteiger charge is 2.27. The number of rotatable bonds is 13. The lowest BCUT2D eigenvalue weighted by molar-refractivity contribution is -0.145. The Kier molecular flexibility index (Phi) is 17.6. The molecule has 0 amide bonds. The van der Waals surface area contributed by atoms with Crippen LogP contribution in [0.4, 0.5) is 0 Å². The molecule has 0 rings (SSSR count). The zero-order chi connectivity index (χ0) is 23.7. The van der Waals surface area contributed by atoms with E-state index in [1.807, 2.05) is 0 Å². The van der Waals surface area contributed by atoms with Gasteiger partial charge in [-0.25, -0.2) is 10.2 Å². The van der Waals surface area contributed by atoms with E-state index < -0.39 is 37.5 Å². The van der Waals surface area contributed by atoms with Gasteiger partial charge in [0.15, 0.2) is 0 Å². The second-order valence-corrected chi connectivity index (χ2v) is 9.00. The topological polar surface area (TPSA) is 146 Å². The molecule has 0 aliphatic heterocycles. The summed E-state index contributed by atoms with van der Waals surface area (Å²) in [5.74, 6) is -1.26. The minimum atomic E-state index is -3.06. The number of esters is 3. The van der Waals surface area contributed by atoms with E-state index in [2.05, 4.69) is 17.1 Å². The summed E-state index contributed by atoms with van der Waals surface area (Å²) in [6.45, 7) is 12.7. The molecule has 0 saturated carbocycles. The Balaban J connectivity index is 0. The van der Waals surface area contributed by atoms with E-state index in [9.17, 15) is 18.9 Å². The number of carbonyl (C=O) groups is 3. The average Bonchev–Trinajstić information content (AvgIpc) is 2.66. The van der Waals surface area contributed by atoms with E-state index >= 15 is 0 Å². The number of unbranched alkanes of at least 4 members (excludes halogenated alkanes) is 1. The second-order valence-electron chi connectivity index (χ2n) is 6.63. The van der Waals surface area contributed by atoms with Crippen molar-refractivity contribution in [3.8, 4) is 0 Å². The number of hydrogen-bond acceptors (Lipinski definition) is 8. The van der Waals surface area contributed by atoms with Crippen LogP contribution in [0.1, 0.15) is 60.8 Å². The van der Waals surface area contributed by atoms with Crippen LogP contribution in [0.3, 0.4) is 0 Å². The van der Waals surface area contributed by atoms with Crippen LogP contribution in [-0.2, 0) is 33.2 Å². The van der Waals surface area contributed by atoms with Gasteiger partial charge in [-0.05, 0) is 41.0 Å². The number of carbonyl (C=O) groups excluding carboxylic acids is 3. The van der Waals surface area contributed by atoms with Crippen LogP contribution in [0.2, 0.25) is 0 Å². The van der Waals surface area contributed by atoms with Crippen molar-refractivity contribution in [3.63, 3.8) is 0 Å². The largest absolute Gasteiger partial charge is 0.465 e. The molecule has 0 saturated heterocycles. The quantitative estimate of drug-likeness (QED) is 0.215. The maximum atomic E-state index is 12.2. The van der Waals surface area contributed by atoms with Crippen LogP contribution in [0, 0.1) is 0 Å². The summed E-state index contributed by atoms with van der Waals surface area (Å²) < 4.78 is 26.5. The van der Waals surface area contributed by atoms with Crippen molar-refractivity contribution in [3.05, 3.63) is 0 Å². The van der Waals surface area contributed by atoms with Gasteiger partial charge in [-0.2, -0.15) is 0 Å². The first-order chi connectivity index (χ1) is 13.9. The third-order valence-electron chi connectivity index (χ3n) is 3.62. The van der Waals surface area contributed by atoms with Crippen molar-refractivity contribution >= 4 is 25.4 Å². The van der Waals surface area contributed by atoms with Gasteiger partial charge in [0.2, 0.25) is 7.44 Å². The third kappa shape index (κ3) is 15.4. The maximum absolute atomic E-state index is 12.2. The van der Waals surface area contributed by atoms with E-state index in [-0.39, 0.29) is 19.2 Å².